The van der Waals surface area contributed by atoms with Gasteiger partial charge < -0.3 is 14.7 Å². The molecule has 0 bridgehead atoms. The SMILES string of the molecule is COc1ccc(CC(=O)N2CCC(O)c3cc(F)ccc32)cc1. The van der Waals surface area contributed by atoms with E-state index in [0.29, 0.717) is 24.2 Å². The van der Waals surface area contributed by atoms with Crippen molar-refractivity contribution in [3.05, 3.63) is 59.4 Å². The first-order valence-electron chi connectivity index (χ1n) is 7.49. The molecule has 2 aromatic rings. The molecule has 0 aromatic heterocycles. The van der Waals surface area contributed by atoms with Crippen LogP contribution < -0.4 is 9.64 Å². The van der Waals surface area contributed by atoms with E-state index in [1.165, 1.54) is 12.1 Å². The first-order chi connectivity index (χ1) is 11.1. The minimum atomic E-state index is -0.731. The maximum atomic E-state index is 13.4. The van der Waals surface area contributed by atoms with Gasteiger partial charge in [-0.3, -0.25) is 4.79 Å². The zero-order valence-corrected chi connectivity index (χ0v) is 12.8. The van der Waals surface area contributed by atoms with Crippen LogP contribution in [0.2, 0.25) is 0 Å². The van der Waals surface area contributed by atoms with Crippen molar-refractivity contribution in [3.8, 4) is 5.75 Å². The number of nitrogens with zero attached hydrogens (tertiary/aromatic N) is 1. The number of rotatable bonds is 3. The molecule has 0 spiro atoms. The summed E-state index contributed by atoms with van der Waals surface area (Å²) in [5.41, 5.74) is 1.94. The number of aliphatic hydroxyl groups is 1. The monoisotopic (exact) mass is 315 g/mol. The molecule has 0 saturated carbocycles. The second-order valence-electron chi connectivity index (χ2n) is 5.58. The van der Waals surface area contributed by atoms with Crippen molar-refractivity contribution in [1.29, 1.82) is 0 Å². The molecule has 0 aliphatic carbocycles. The average Bonchev–Trinajstić information content (AvgIpc) is 2.56. The van der Waals surface area contributed by atoms with E-state index in [1.807, 2.05) is 24.3 Å². The fraction of sp³-hybridized carbons (Fsp3) is 0.278. The quantitative estimate of drug-likeness (QED) is 0.947. The van der Waals surface area contributed by atoms with Gasteiger partial charge in [0.25, 0.3) is 0 Å². The number of carbonyl (C=O) groups excluding carboxylic acids is 1. The second-order valence-corrected chi connectivity index (χ2v) is 5.58. The summed E-state index contributed by atoms with van der Waals surface area (Å²) in [5.74, 6) is 0.255. The molecule has 0 fully saturated rings. The molecule has 3 rings (SSSR count). The lowest BCUT2D eigenvalue weighted by Gasteiger charge is -2.32. The highest BCUT2D eigenvalue weighted by atomic mass is 19.1. The van der Waals surface area contributed by atoms with E-state index in [2.05, 4.69) is 0 Å². The molecule has 4 nitrogen and oxygen atoms in total. The van der Waals surface area contributed by atoms with Crippen LogP contribution in [0.3, 0.4) is 0 Å². The number of anilines is 1. The van der Waals surface area contributed by atoms with Crippen molar-refractivity contribution < 1.29 is 19.0 Å². The molecular formula is C18H18FNO3. The first kappa shape index (κ1) is 15.5. The highest BCUT2D eigenvalue weighted by Gasteiger charge is 2.27. The van der Waals surface area contributed by atoms with Crippen molar-refractivity contribution in [2.75, 3.05) is 18.6 Å². The minimum absolute atomic E-state index is 0.0741. The molecule has 120 valence electrons. The Hall–Kier alpha value is -2.40. The van der Waals surface area contributed by atoms with Crippen molar-refractivity contribution in [1.82, 2.24) is 0 Å². The van der Waals surface area contributed by atoms with Gasteiger partial charge in [0, 0.05) is 17.8 Å². The van der Waals surface area contributed by atoms with Gasteiger partial charge in [-0.2, -0.15) is 0 Å². The predicted octanol–water partition coefficient (Wildman–Crippen LogP) is 2.85. The molecule has 0 saturated heterocycles. The second kappa shape index (κ2) is 6.38. The van der Waals surface area contributed by atoms with Gasteiger partial charge in [-0.15, -0.1) is 0 Å². The number of hydrogen-bond donors (Lipinski definition) is 1. The lowest BCUT2D eigenvalue weighted by atomic mass is 9.98. The number of benzene rings is 2. The maximum Gasteiger partial charge on any atom is 0.231 e. The highest BCUT2D eigenvalue weighted by Crippen LogP contribution is 2.34. The van der Waals surface area contributed by atoms with Gasteiger partial charge in [0.05, 0.1) is 19.6 Å². The van der Waals surface area contributed by atoms with Gasteiger partial charge in [-0.1, -0.05) is 12.1 Å². The predicted molar refractivity (Wildman–Crippen MR) is 85.0 cm³/mol. The lowest BCUT2D eigenvalue weighted by Crippen LogP contribution is -2.37. The molecule has 1 N–H and O–H groups in total. The van der Waals surface area contributed by atoms with Gasteiger partial charge in [-0.25, -0.2) is 4.39 Å². The summed E-state index contributed by atoms with van der Waals surface area (Å²) in [6.45, 7) is 0.425. The van der Waals surface area contributed by atoms with E-state index in [4.69, 9.17) is 4.74 Å². The van der Waals surface area contributed by atoms with Crippen molar-refractivity contribution in [3.63, 3.8) is 0 Å². The van der Waals surface area contributed by atoms with Crippen LogP contribution in [-0.4, -0.2) is 24.7 Å². The zero-order chi connectivity index (χ0) is 16.4. The molecule has 1 aliphatic heterocycles. The Morgan fingerprint density at radius 3 is 2.74 bits per heavy atom. The summed E-state index contributed by atoms with van der Waals surface area (Å²) in [7, 11) is 1.59. The van der Waals surface area contributed by atoms with Crippen LogP contribution in [0, 0.1) is 5.82 Å². The average molecular weight is 315 g/mol. The topological polar surface area (TPSA) is 49.8 Å². The smallest absolute Gasteiger partial charge is 0.231 e. The number of aliphatic hydroxyl groups excluding tert-OH is 1. The van der Waals surface area contributed by atoms with Crippen LogP contribution >= 0.6 is 0 Å². The summed E-state index contributed by atoms with van der Waals surface area (Å²) in [6, 6.07) is 11.5. The Kier molecular flexibility index (Phi) is 4.30. The lowest BCUT2D eigenvalue weighted by molar-refractivity contribution is -0.118. The van der Waals surface area contributed by atoms with E-state index in [1.54, 1.807) is 18.1 Å². The van der Waals surface area contributed by atoms with Crippen molar-refractivity contribution in [2.24, 2.45) is 0 Å². The van der Waals surface area contributed by atoms with Crippen LogP contribution in [-0.2, 0) is 11.2 Å². The fourth-order valence-corrected chi connectivity index (χ4v) is 2.84. The van der Waals surface area contributed by atoms with Gasteiger partial charge in [0.1, 0.15) is 11.6 Å². The van der Waals surface area contributed by atoms with Crippen molar-refractivity contribution in [2.45, 2.75) is 18.9 Å². The summed E-state index contributed by atoms with van der Waals surface area (Å²) < 4.78 is 18.5. The number of halogens is 1. The number of fused-ring (bicyclic) bond motifs is 1. The van der Waals surface area contributed by atoms with E-state index >= 15 is 0 Å². The molecule has 1 aliphatic rings. The zero-order valence-electron chi connectivity index (χ0n) is 12.8. The van der Waals surface area contributed by atoms with Gasteiger partial charge in [0.15, 0.2) is 0 Å². The Morgan fingerprint density at radius 2 is 2.04 bits per heavy atom. The number of methoxy groups -OCH3 is 1. The molecular weight excluding hydrogens is 297 g/mol. The van der Waals surface area contributed by atoms with Crippen LogP contribution in [0.25, 0.3) is 0 Å². The summed E-state index contributed by atoms with van der Waals surface area (Å²) in [5, 5.41) is 10.0. The molecule has 0 radical (unpaired) electrons. The van der Waals surface area contributed by atoms with E-state index in [9.17, 15) is 14.3 Å². The third kappa shape index (κ3) is 3.19. The largest absolute Gasteiger partial charge is 0.497 e. The van der Waals surface area contributed by atoms with Crippen LogP contribution in [0.4, 0.5) is 10.1 Å². The molecule has 1 amide bonds. The molecule has 5 heteroatoms. The Bertz CT molecular complexity index is 715. The highest BCUT2D eigenvalue weighted by molar-refractivity contribution is 5.96. The number of amides is 1. The normalized spacial score (nSPS) is 16.8. The Balaban J connectivity index is 1.81. The van der Waals surface area contributed by atoms with Crippen LogP contribution in [0.5, 0.6) is 5.75 Å². The van der Waals surface area contributed by atoms with Gasteiger partial charge in [-0.05, 0) is 42.3 Å². The molecule has 2 aromatic carbocycles. The number of ether oxygens (including phenoxy) is 1. The number of carbonyl (C=O) groups is 1. The first-order valence-corrected chi connectivity index (χ1v) is 7.49. The molecule has 1 unspecified atom stereocenters. The standard InChI is InChI=1S/C18H18FNO3/c1-23-14-5-2-12(3-6-14)10-18(22)20-9-8-17(21)15-11-13(19)4-7-16(15)20/h2-7,11,17,21H,8-10H2,1H3. The number of hydrogen-bond acceptors (Lipinski definition) is 3. The fourth-order valence-electron chi connectivity index (χ4n) is 2.84. The van der Waals surface area contributed by atoms with Crippen molar-refractivity contribution >= 4 is 11.6 Å². The summed E-state index contributed by atoms with van der Waals surface area (Å²) in [4.78, 5) is 14.2. The third-order valence-electron chi connectivity index (χ3n) is 4.08. The van der Waals surface area contributed by atoms with Crippen LogP contribution in [0.1, 0.15) is 23.7 Å². The van der Waals surface area contributed by atoms with Crippen LogP contribution in [0.15, 0.2) is 42.5 Å². The minimum Gasteiger partial charge on any atom is -0.497 e. The molecule has 1 atom stereocenters. The Morgan fingerprint density at radius 1 is 1.30 bits per heavy atom. The third-order valence-corrected chi connectivity index (χ3v) is 4.08. The maximum absolute atomic E-state index is 13.4. The summed E-state index contributed by atoms with van der Waals surface area (Å²) >= 11 is 0. The van der Waals surface area contributed by atoms with Gasteiger partial charge >= 0.3 is 0 Å². The van der Waals surface area contributed by atoms with E-state index in [0.717, 1.165) is 11.3 Å². The Labute approximate surface area is 134 Å². The molecule has 23 heavy (non-hydrogen) atoms. The van der Waals surface area contributed by atoms with Gasteiger partial charge in [0.2, 0.25) is 5.91 Å². The van der Waals surface area contributed by atoms with E-state index < -0.39 is 11.9 Å². The summed E-state index contributed by atoms with van der Waals surface area (Å²) in [6.07, 6.45) is -0.0763. The molecule has 1 heterocycles. The van der Waals surface area contributed by atoms with E-state index in [-0.39, 0.29) is 12.3 Å².